The van der Waals surface area contributed by atoms with Crippen molar-refractivity contribution in [3.63, 3.8) is 0 Å². The monoisotopic (exact) mass is 284 g/mol. The fraction of sp³-hybridized carbons (Fsp3) is 0.273. The molecule has 1 heterocycles. The molecule has 2 atom stereocenters. The van der Waals surface area contributed by atoms with E-state index in [2.05, 4.69) is 15.9 Å². The maximum atomic E-state index is 11.1. The maximum absolute atomic E-state index is 11.1. The second kappa shape index (κ2) is 4.25. The van der Waals surface area contributed by atoms with Crippen molar-refractivity contribution in [3.8, 4) is 0 Å². The molecule has 1 aromatic carbocycles. The Labute approximate surface area is 100 Å². The van der Waals surface area contributed by atoms with Crippen LogP contribution in [0, 0.1) is 5.92 Å². The summed E-state index contributed by atoms with van der Waals surface area (Å²) in [6.07, 6.45) is -0.728. The van der Waals surface area contributed by atoms with E-state index in [0.717, 1.165) is 4.47 Å². The van der Waals surface area contributed by atoms with Gasteiger partial charge in [-0.05, 0) is 17.7 Å². The van der Waals surface area contributed by atoms with Crippen LogP contribution in [0.4, 0.5) is 0 Å². The summed E-state index contributed by atoms with van der Waals surface area (Å²) in [5.41, 5.74) is 0.710. The smallest absolute Gasteiger partial charge is 0.311 e. The number of esters is 1. The molecule has 0 aromatic heterocycles. The highest BCUT2D eigenvalue weighted by molar-refractivity contribution is 9.10. The number of hydrogen-bond donors (Lipinski definition) is 1. The van der Waals surface area contributed by atoms with Crippen molar-refractivity contribution >= 4 is 27.9 Å². The van der Waals surface area contributed by atoms with Crippen LogP contribution in [0.1, 0.15) is 18.1 Å². The average Bonchev–Trinajstić information content (AvgIpc) is 2.61. The van der Waals surface area contributed by atoms with E-state index in [1.807, 2.05) is 0 Å². The van der Waals surface area contributed by atoms with Gasteiger partial charge in [-0.1, -0.05) is 28.1 Å². The summed E-state index contributed by atoms with van der Waals surface area (Å²) >= 11 is 3.29. The van der Waals surface area contributed by atoms with Crippen LogP contribution in [0.3, 0.4) is 0 Å². The molecule has 0 spiro atoms. The summed E-state index contributed by atoms with van der Waals surface area (Å²) in [6, 6.07) is 7.09. The molecule has 4 nitrogen and oxygen atoms in total. The highest BCUT2D eigenvalue weighted by Gasteiger charge is 2.40. The van der Waals surface area contributed by atoms with E-state index in [1.165, 1.54) is 0 Å². The van der Waals surface area contributed by atoms with Crippen molar-refractivity contribution in [2.45, 2.75) is 12.5 Å². The van der Waals surface area contributed by atoms with Crippen LogP contribution >= 0.6 is 15.9 Å². The Kier molecular flexibility index (Phi) is 2.96. The zero-order chi connectivity index (χ0) is 11.7. The molecule has 2 unspecified atom stereocenters. The van der Waals surface area contributed by atoms with Crippen LogP contribution in [0.5, 0.6) is 0 Å². The lowest BCUT2D eigenvalue weighted by Gasteiger charge is -2.14. The summed E-state index contributed by atoms with van der Waals surface area (Å²) in [5, 5.41) is 8.98. The largest absolute Gasteiger partial charge is 0.481 e. The van der Waals surface area contributed by atoms with E-state index in [1.54, 1.807) is 24.3 Å². The van der Waals surface area contributed by atoms with Gasteiger partial charge in [-0.2, -0.15) is 0 Å². The molecule has 84 valence electrons. The number of carboxylic acids is 1. The zero-order valence-electron chi connectivity index (χ0n) is 8.22. The molecule has 0 bridgehead atoms. The molecule has 2 rings (SSSR count). The fourth-order valence-corrected chi connectivity index (χ4v) is 1.99. The van der Waals surface area contributed by atoms with Gasteiger partial charge in [0.25, 0.3) is 0 Å². The summed E-state index contributed by atoms with van der Waals surface area (Å²) in [6.45, 7) is 0. The van der Waals surface area contributed by atoms with Crippen LogP contribution in [-0.4, -0.2) is 17.0 Å². The number of rotatable bonds is 2. The van der Waals surface area contributed by atoms with Crippen LogP contribution in [-0.2, 0) is 14.3 Å². The normalized spacial score (nSPS) is 24.2. The van der Waals surface area contributed by atoms with Crippen molar-refractivity contribution in [3.05, 3.63) is 34.3 Å². The molecule has 0 radical (unpaired) electrons. The Morgan fingerprint density at radius 1 is 1.38 bits per heavy atom. The number of carboxylic acid groups (broad SMARTS) is 1. The lowest BCUT2D eigenvalue weighted by Crippen LogP contribution is -2.17. The molecule has 1 aromatic rings. The molecule has 1 saturated heterocycles. The Morgan fingerprint density at radius 3 is 2.56 bits per heavy atom. The van der Waals surface area contributed by atoms with Gasteiger partial charge in [-0.15, -0.1) is 0 Å². The molecule has 16 heavy (non-hydrogen) atoms. The third-order valence-corrected chi connectivity index (χ3v) is 3.05. The number of halogens is 1. The highest BCUT2D eigenvalue weighted by atomic mass is 79.9. The van der Waals surface area contributed by atoms with Crippen molar-refractivity contribution in [1.29, 1.82) is 0 Å². The summed E-state index contributed by atoms with van der Waals surface area (Å²) in [7, 11) is 0. The number of benzene rings is 1. The molecule has 1 aliphatic rings. The van der Waals surface area contributed by atoms with Gasteiger partial charge in [0.2, 0.25) is 0 Å². The molecule has 1 N–H and O–H groups in total. The highest BCUT2D eigenvalue weighted by Crippen LogP contribution is 2.35. The SMILES string of the molecule is O=C1CC(C(=O)O)C(c2ccc(Br)cc2)O1. The molecule has 1 aliphatic heterocycles. The Hall–Kier alpha value is -1.36. The summed E-state index contributed by atoms with van der Waals surface area (Å²) < 4.78 is 5.92. The predicted molar refractivity (Wildman–Crippen MR) is 58.7 cm³/mol. The number of carbonyl (C=O) groups is 2. The van der Waals surface area contributed by atoms with Gasteiger partial charge in [0.15, 0.2) is 0 Å². The lowest BCUT2D eigenvalue weighted by atomic mass is 9.95. The third kappa shape index (κ3) is 2.09. The zero-order valence-corrected chi connectivity index (χ0v) is 9.81. The summed E-state index contributed by atoms with van der Waals surface area (Å²) in [4.78, 5) is 22.1. The van der Waals surface area contributed by atoms with Crippen LogP contribution < -0.4 is 0 Å². The molecule has 5 heteroatoms. The molecular formula is C11H9BrO4. The maximum Gasteiger partial charge on any atom is 0.311 e. The molecular weight excluding hydrogens is 276 g/mol. The van der Waals surface area contributed by atoms with Gasteiger partial charge < -0.3 is 9.84 Å². The minimum atomic E-state index is -1.00. The lowest BCUT2D eigenvalue weighted by molar-refractivity contribution is -0.144. The third-order valence-electron chi connectivity index (χ3n) is 2.53. The van der Waals surface area contributed by atoms with Crippen molar-refractivity contribution in [2.75, 3.05) is 0 Å². The van der Waals surface area contributed by atoms with Gasteiger partial charge in [-0.25, -0.2) is 0 Å². The second-order valence-corrected chi connectivity index (χ2v) is 4.53. The van der Waals surface area contributed by atoms with E-state index in [9.17, 15) is 9.59 Å². The number of hydrogen-bond acceptors (Lipinski definition) is 3. The first-order valence-electron chi connectivity index (χ1n) is 4.75. The van der Waals surface area contributed by atoms with Crippen LogP contribution in [0.2, 0.25) is 0 Å². The summed E-state index contributed by atoms with van der Waals surface area (Å²) in [5.74, 6) is -2.24. The van der Waals surface area contributed by atoms with E-state index in [4.69, 9.17) is 9.84 Å². The second-order valence-electron chi connectivity index (χ2n) is 3.61. The minimum Gasteiger partial charge on any atom is -0.481 e. The predicted octanol–water partition coefficient (Wildman–Crippen LogP) is 2.14. The quantitative estimate of drug-likeness (QED) is 0.845. The fourth-order valence-electron chi connectivity index (χ4n) is 1.73. The van der Waals surface area contributed by atoms with Crippen molar-refractivity contribution in [1.82, 2.24) is 0 Å². The number of aliphatic carboxylic acids is 1. The number of cyclic esters (lactones) is 1. The average molecular weight is 285 g/mol. The van der Waals surface area contributed by atoms with E-state index in [0.29, 0.717) is 5.56 Å². The Bertz CT molecular complexity index is 426. The van der Waals surface area contributed by atoms with Crippen molar-refractivity contribution in [2.24, 2.45) is 5.92 Å². The first-order chi connectivity index (χ1) is 7.58. The van der Waals surface area contributed by atoms with Gasteiger partial charge in [0.05, 0.1) is 6.42 Å². The molecule has 0 saturated carbocycles. The Balaban J connectivity index is 2.28. The molecule has 0 amide bonds. The first-order valence-corrected chi connectivity index (χ1v) is 5.55. The van der Waals surface area contributed by atoms with Crippen molar-refractivity contribution < 1.29 is 19.4 Å². The number of ether oxygens (including phenoxy) is 1. The Morgan fingerprint density at radius 2 is 2.00 bits per heavy atom. The van der Waals surface area contributed by atoms with E-state index >= 15 is 0 Å². The van der Waals surface area contributed by atoms with Gasteiger partial charge in [0, 0.05) is 4.47 Å². The van der Waals surface area contributed by atoms with Gasteiger partial charge >= 0.3 is 11.9 Å². The number of carbonyl (C=O) groups excluding carboxylic acids is 1. The topological polar surface area (TPSA) is 63.6 Å². The van der Waals surface area contributed by atoms with E-state index in [-0.39, 0.29) is 6.42 Å². The molecule has 0 aliphatic carbocycles. The standard InChI is InChI=1S/C11H9BrO4/c12-7-3-1-6(2-4-7)10-8(11(14)15)5-9(13)16-10/h1-4,8,10H,5H2,(H,14,15). The van der Waals surface area contributed by atoms with Crippen LogP contribution in [0.15, 0.2) is 28.7 Å². The van der Waals surface area contributed by atoms with Gasteiger partial charge in [-0.3, -0.25) is 9.59 Å². The minimum absolute atomic E-state index is 0.0595. The first kappa shape index (κ1) is 11.1. The van der Waals surface area contributed by atoms with Gasteiger partial charge in [0.1, 0.15) is 12.0 Å². The molecule has 1 fully saturated rings. The van der Waals surface area contributed by atoms with E-state index < -0.39 is 24.0 Å². The van der Waals surface area contributed by atoms with Crippen LogP contribution in [0.25, 0.3) is 0 Å².